The molecule has 0 radical (unpaired) electrons. The zero-order valence-electron chi connectivity index (χ0n) is 14.2. The molecule has 144 valence electrons. The highest BCUT2D eigenvalue weighted by Gasteiger charge is 2.52. The molecule has 0 aromatic heterocycles. The van der Waals surface area contributed by atoms with E-state index in [-0.39, 0.29) is 5.02 Å². The van der Waals surface area contributed by atoms with E-state index in [4.69, 9.17) is 27.9 Å². The number of hydrogen-bond donors (Lipinski definition) is 2. The minimum Gasteiger partial charge on any atom is -0.454 e. The maximum absolute atomic E-state index is 12.4. The van der Waals surface area contributed by atoms with Crippen LogP contribution in [0.25, 0.3) is 0 Å². The molecule has 27 heavy (non-hydrogen) atoms. The van der Waals surface area contributed by atoms with Gasteiger partial charge in [0.05, 0.1) is 10.0 Å². The second-order valence-corrected chi connectivity index (χ2v) is 7.26. The molecule has 3 rings (SSSR count). The van der Waals surface area contributed by atoms with Gasteiger partial charge in [0, 0.05) is 5.69 Å². The summed E-state index contributed by atoms with van der Waals surface area (Å²) >= 11 is 11.6. The van der Waals surface area contributed by atoms with Crippen molar-refractivity contribution in [3.63, 3.8) is 0 Å². The van der Waals surface area contributed by atoms with Crippen LogP contribution >= 0.6 is 23.2 Å². The van der Waals surface area contributed by atoms with Gasteiger partial charge in [0.2, 0.25) is 0 Å². The molecule has 10 heteroatoms. The normalized spacial score (nSPS) is 17.9. The maximum Gasteiger partial charge on any atom is 0.326 e. The molecule has 1 spiro atoms. The summed E-state index contributed by atoms with van der Waals surface area (Å²) in [5.74, 6) is -1.86. The van der Waals surface area contributed by atoms with Crippen LogP contribution in [0.4, 0.5) is 10.5 Å². The predicted octanol–water partition coefficient (Wildman–Crippen LogP) is 2.34. The first kappa shape index (κ1) is 19.4. The van der Waals surface area contributed by atoms with Gasteiger partial charge in [0.1, 0.15) is 12.1 Å². The Kier molecular flexibility index (Phi) is 5.57. The quantitative estimate of drug-likeness (QED) is 0.569. The minimum absolute atomic E-state index is 0.269. The fourth-order valence-electron chi connectivity index (χ4n) is 3.23. The van der Waals surface area contributed by atoms with Gasteiger partial charge in [-0.15, -0.1) is 0 Å². The first-order valence-corrected chi connectivity index (χ1v) is 9.11. The molecule has 0 atom stereocenters. The van der Waals surface area contributed by atoms with Crippen LogP contribution in [0.5, 0.6) is 0 Å². The third-order valence-electron chi connectivity index (χ3n) is 4.56. The summed E-state index contributed by atoms with van der Waals surface area (Å²) in [6, 6.07) is 3.90. The van der Waals surface area contributed by atoms with Gasteiger partial charge in [0.15, 0.2) is 6.61 Å². The fourth-order valence-corrected chi connectivity index (χ4v) is 3.53. The summed E-state index contributed by atoms with van der Waals surface area (Å²) in [5.41, 5.74) is -0.495. The van der Waals surface area contributed by atoms with Crippen molar-refractivity contribution in [2.24, 2.45) is 0 Å². The largest absolute Gasteiger partial charge is 0.454 e. The van der Waals surface area contributed by atoms with Crippen LogP contribution in [-0.4, -0.2) is 47.4 Å². The van der Waals surface area contributed by atoms with E-state index in [9.17, 15) is 19.2 Å². The van der Waals surface area contributed by atoms with Crippen molar-refractivity contribution in [1.82, 2.24) is 10.2 Å². The molecular weight excluding hydrogens is 397 g/mol. The Bertz CT molecular complexity index is 808. The van der Waals surface area contributed by atoms with Crippen molar-refractivity contribution in [3.05, 3.63) is 28.2 Å². The van der Waals surface area contributed by atoms with Crippen LogP contribution in [0.3, 0.4) is 0 Å². The maximum atomic E-state index is 12.4. The number of benzene rings is 1. The average molecular weight is 414 g/mol. The first-order chi connectivity index (χ1) is 12.8. The Balaban J connectivity index is 1.49. The van der Waals surface area contributed by atoms with Crippen molar-refractivity contribution in [2.45, 2.75) is 31.2 Å². The molecule has 1 heterocycles. The van der Waals surface area contributed by atoms with E-state index >= 15 is 0 Å². The Labute approximate surface area is 165 Å². The number of imide groups is 1. The van der Waals surface area contributed by atoms with Gasteiger partial charge in [-0.2, -0.15) is 0 Å². The molecule has 0 bridgehead atoms. The summed E-state index contributed by atoms with van der Waals surface area (Å²) in [5, 5.41) is 5.78. The third kappa shape index (κ3) is 4.17. The Morgan fingerprint density at radius 2 is 1.89 bits per heavy atom. The molecular formula is C17H17Cl2N3O5. The predicted molar refractivity (Wildman–Crippen MR) is 97.5 cm³/mol. The lowest BCUT2D eigenvalue weighted by Gasteiger charge is -2.19. The van der Waals surface area contributed by atoms with Crippen LogP contribution in [0, 0.1) is 0 Å². The molecule has 1 aliphatic carbocycles. The molecule has 0 unspecified atom stereocenters. The number of amides is 4. The second-order valence-electron chi connectivity index (χ2n) is 6.45. The molecule has 1 aromatic rings. The molecule has 4 amide bonds. The monoisotopic (exact) mass is 413 g/mol. The number of urea groups is 1. The van der Waals surface area contributed by atoms with Crippen LogP contribution in [0.2, 0.25) is 10.0 Å². The summed E-state index contributed by atoms with van der Waals surface area (Å²) in [7, 11) is 0. The standard InChI is InChI=1S/C17H17Cl2N3O5/c18-11-4-3-10(7-12(11)19)20-13(23)9-27-14(24)8-22-15(25)17(21-16(22)26)5-1-2-6-17/h3-4,7H,1-2,5-6,8-9H2,(H,20,23)(H,21,26). The molecule has 1 aliphatic heterocycles. The Hall–Kier alpha value is -2.32. The minimum atomic E-state index is -0.886. The van der Waals surface area contributed by atoms with E-state index in [1.807, 2.05) is 0 Å². The van der Waals surface area contributed by atoms with Crippen LogP contribution in [0.1, 0.15) is 25.7 Å². The van der Waals surface area contributed by atoms with E-state index in [0.717, 1.165) is 17.7 Å². The lowest BCUT2D eigenvalue weighted by atomic mass is 9.98. The van der Waals surface area contributed by atoms with Gasteiger partial charge >= 0.3 is 12.0 Å². The first-order valence-electron chi connectivity index (χ1n) is 8.35. The molecule has 1 saturated carbocycles. The van der Waals surface area contributed by atoms with Crippen molar-refractivity contribution in [1.29, 1.82) is 0 Å². The molecule has 2 aliphatic rings. The van der Waals surface area contributed by atoms with Gasteiger partial charge < -0.3 is 15.4 Å². The molecule has 1 saturated heterocycles. The highest BCUT2D eigenvalue weighted by Crippen LogP contribution is 2.34. The number of hydrogen-bond acceptors (Lipinski definition) is 5. The van der Waals surface area contributed by atoms with E-state index in [1.165, 1.54) is 12.1 Å². The number of anilines is 1. The van der Waals surface area contributed by atoms with Gasteiger partial charge in [-0.05, 0) is 31.0 Å². The van der Waals surface area contributed by atoms with Crippen molar-refractivity contribution in [3.8, 4) is 0 Å². The molecule has 8 nitrogen and oxygen atoms in total. The third-order valence-corrected chi connectivity index (χ3v) is 5.30. The SMILES string of the molecule is O=C(COC(=O)CN1C(=O)NC2(CCCC2)C1=O)Nc1ccc(Cl)c(Cl)c1. The Morgan fingerprint density at radius 1 is 1.19 bits per heavy atom. The lowest BCUT2D eigenvalue weighted by molar-refractivity contribution is -0.150. The van der Waals surface area contributed by atoms with Crippen molar-refractivity contribution >= 4 is 52.7 Å². The van der Waals surface area contributed by atoms with Crippen LogP contribution in [0.15, 0.2) is 18.2 Å². The zero-order chi connectivity index (χ0) is 19.6. The fraction of sp³-hybridized carbons (Fsp3) is 0.412. The number of rotatable bonds is 5. The lowest BCUT2D eigenvalue weighted by Crippen LogP contribution is -2.44. The van der Waals surface area contributed by atoms with E-state index < -0.39 is 42.5 Å². The number of carbonyl (C=O) groups is 4. The average Bonchev–Trinajstić information content (AvgIpc) is 3.17. The highest BCUT2D eigenvalue weighted by atomic mass is 35.5. The molecule has 1 aromatic carbocycles. The van der Waals surface area contributed by atoms with Gasteiger partial charge in [0.25, 0.3) is 11.8 Å². The topological polar surface area (TPSA) is 105 Å². The highest BCUT2D eigenvalue weighted by molar-refractivity contribution is 6.42. The summed E-state index contributed by atoms with van der Waals surface area (Å²) in [4.78, 5) is 49.1. The number of ether oxygens (including phenoxy) is 1. The number of halogens is 2. The number of nitrogens with one attached hydrogen (secondary N) is 2. The smallest absolute Gasteiger partial charge is 0.326 e. The van der Waals surface area contributed by atoms with E-state index in [2.05, 4.69) is 10.6 Å². The Morgan fingerprint density at radius 3 is 2.56 bits per heavy atom. The zero-order valence-corrected chi connectivity index (χ0v) is 15.7. The van der Waals surface area contributed by atoms with Crippen LogP contribution < -0.4 is 10.6 Å². The summed E-state index contributed by atoms with van der Waals surface area (Å²) in [6.07, 6.45) is 2.82. The number of esters is 1. The van der Waals surface area contributed by atoms with Crippen LogP contribution in [-0.2, 0) is 19.1 Å². The van der Waals surface area contributed by atoms with Crippen molar-refractivity contribution in [2.75, 3.05) is 18.5 Å². The van der Waals surface area contributed by atoms with Gasteiger partial charge in [-0.3, -0.25) is 19.3 Å². The summed E-state index contributed by atoms with van der Waals surface area (Å²) < 4.78 is 4.86. The number of nitrogens with zero attached hydrogens (tertiary/aromatic N) is 1. The molecule has 2 fully saturated rings. The molecule has 2 N–H and O–H groups in total. The van der Waals surface area contributed by atoms with E-state index in [1.54, 1.807) is 6.07 Å². The summed E-state index contributed by atoms with van der Waals surface area (Å²) in [6.45, 7) is -1.10. The van der Waals surface area contributed by atoms with E-state index in [0.29, 0.717) is 23.6 Å². The van der Waals surface area contributed by atoms with Gasteiger partial charge in [-0.1, -0.05) is 36.0 Å². The number of carbonyl (C=O) groups excluding carboxylic acids is 4. The second kappa shape index (κ2) is 7.74. The van der Waals surface area contributed by atoms with Gasteiger partial charge in [-0.25, -0.2) is 4.79 Å². The van der Waals surface area contributed by atoms with Crippen molar-refractivity contribution < 1.29 is 23.9 Å².